The van der Waals surface area contributed by atoms with Crippen LogP contribution in [-0.2, 0) is 33.2 Å². The highest BCUT2D eigenvalue weighted by molar-refractivity contribution is 5.73. The van der Waals surface area contributed by atoms with Crippen LogP contribution in [0.5, 0.6) is 0 Å². The lowest BCUT2D eigenvalue weighted by Gasteiger charge is -2.48. The molecular weight excluding hydrogens is 664 g/mol. The Morgan fingerprint density at radius 3 is 2.16 bits per heavy atom. The fraction of sp³-hybridized carbons (Fsp3) is 0.973. The Kier molecular flexibility index (Phi) is 15.3. The van der Waals surface area contributed by atoms with Gasteiger partial charge < -0.3 is 64.2 Å². The summed E-state index contributed by atoms with van der Waals surface area (Å²) >= 11 is 0. The van der Waals surface area contributed by atoms with Gasteiger partial charge in [0.05, 0.1) is 41.5 Å². The first-order valence-electron chi connectivity index (χ1n) is 18.8. The monoisotopic (exact) mass is 734 g/mol. The molecule has 3 fully saturated rings. The van der Waals surface area contributed by atoms with Gasteiger partial charge in [-0.3, -0.25) is 4.79 Å². The number of carbonyl (C=O) groups excluding carboxylic acids is 1. The fourth-order valence-electron chi connectivity index (χ4n) is 8.53. The molecule has 0 saturated carbocycles. The zero-order valence-electron chi connectivity index (χ0n) is 33.2. The number of ether oxygens (including phenoxy) is 6. The number of nitrogens with zero attached hydrogens (tertiary/aromatic N) is 1. The molecule has 0 aromatic carbocycles. The van der Waals surface area contributed by atoms with E-state index < -0.39 is 96.0 Å². The Hall–Kier alpha value is -1.01. The van der Waals surface area contributed by atoms with Crippen LogP contribution in [0.25, 0.3) is 0 Å². The second kappa shape index (κ2) is 17.6. The van der Waals surface area contributed by atoms with E-state index >= 15 is 0 Å². The molecule has 0 aromatic heterocycles. The first-order valence-corrected chi connectivity index (χ1v) is 18.8. The summed E-state index contributed by atoms with van der Waals surface area (Å²) in [4.78, 5) is 16.1. The molecule has 51 heavy (non-hydrogen) atoms. The molecule has 0 unspecified atom stereocenters. The molecule has 0 radical (unpaired) electrons. The summed E-state index contributed by atoms with van der Waals surface area (Å²) in [5.74, 6) is -2.59. The van der Waals surface area contributed by atoms with Crippen LogP contribution in [0.4, 0.5) is 0 Å². The van der Waals surface area contributed by atoms with Crippen LogP contribution in [0, 0.1) is 17.8 Å². The molecule has 3 aliphatic rings. The quantitative estimate of drug-likeness (QED) is 0.207. The maximum absolute atomic E-state index is 14.2. The molecule has 14 heteroatoms. The molecule has 3 heterocycles. The summed E-state index contributed by atoms with van der Waals surface area (Å²) in [6.45, 7) is 18.0. The van der Waals surface area contributed by atoms with Gasteiger partial charge in [-0.05, 0) is 87.7 Å². The molecule has 300 valence electrons. The number of methoxy groups -OCH3 is 1. The summed E-state index contributed by atoms with van der Waals surface area (Å²) in [7, 11) is 5.10. The Balaban J connectivity index is 2.16. The standard InChI is InChI=1S/C37H70N2O12/c1-14-26-37(10,45)30(41)23(6)39(12)18-19(2)16-35(8,44)32(51-34-28(40)25(38-11)15-20(3)47-34)21(4)29(22(5)33(43)49-26)50-27-17-36(9,46-13)31(42)24(7)48-27/h19-32,34,38,40-42,44-45H,14-18H2,1-13H3/t19-,20+,21+,22+,23+,24-,25-,26-,27+,28-,29+,30+,31+,32-,34-,35+,36-,37+/m0/s1. The van der Waals surface area contributed by atoms with Gasteiger partial charge in [-0.1, -0.05) is 20.8 Å². The lowest BCUT2D eigenvalue weighted by Crippen LogP contribution is -2.60. The van der Waals surface area contributed by atoms with E-state index in [2.05, 4.69) is 5.32 Å². The lowest BCUT2D eigenvalue weighted by atomic mass is 9.77. The van der Waals surface area contributed by atoms with Crippen molar-refractivity contribution in [1.29, 1.82) is 0 Å². The average Bonchev–Trinajstić information content (AvgIpc) is 3.05. The van der Waals surface area contributed by atoms with Gasteiger partial charge in [-0.15, -0.1) is 0 Å². The Bertz CT molecular complexity index is 1110. The van der Waals surface area contributed by atoms with Crippen molar-refractivity contribution in [2.24, 2.45) is 17.8 Å². The van der Waals surface area contributed by atoms with E-state index in [9.17, 15) is 30.3 Å². The molecule has 0 aliphatic carbocycles. The summed E-state index contributed by atoms with van der Waals surface area (Å²) in [5.41, 5.74) is -4.37. The number of aliphatic hydroxyl groups is 5. The number of aliphatic hydroxyl groups excluding tert-OH is 3. The normalized spacial score (nSPS) is 50.2. The third kappa shape index (κ3) is 10.0. The highest BCUT2D eigenvalue weighted by Crippen LogP contribution is 2.40. The molecule has 0 bridgehead atoms. The van der Waals surface area contributed by atoms with E-state index in [0.717, 1.165) is 0 Å². The van der Waals surface area contributed by atoms with E-state index in [1.54, 1.807) is 48.6 Å². The fourth-order valence-corrected chi connectivity index (χ4v) is 8.53. The van der Waals surface area contributed by atoms with Gasteiger partial charge in [0.15, 0.2) is 12.6 Å². The number of hydrogen-bond donors (Lipinski definition) is 6. The minimum atomic E-state index is -1.80. The maximum atomic E-state index is 14.2. The zero-order chi connectivity index (χ0) is 38.8. The summed E-state index contributed by atoms with van der Waals surface area (Å²) in [6.07, 6.45) is -8.24. The summed E-state index contributed by atoms with van der Waals surface area (Å²) < 4.78 is 37.3. The van der Waals surface area contributed by atoms with Crippen LogP contribution >= 0.6 is 0 Å². The van der Waals surface area contributed by atoms with Crippen molar-refractivity contribution in [3.05, 3.63) is 0 Å². The van der Waals surface area contributed by atoms with Crippen molar-refractivity contribution in [2.75, 3.05) is 27.7 Å². The molecule has 14 nitrogen and oxygen atoms in total. The molecule has 18 atom stereocenters. The highest BCUT2D eigenvalue weighted by Gasteiger charge is 2.52. The smallest absolute Gasteiger partial charge is 0.311 e. The lowest BCUT2D eigenvalue weighted by molar-refractivity contribution is -0.316. The minimum Gasteiger partial charge on any atom is -0.459 e. The number of cyclic esters (lactones) is 1. The molecule has 3 aliphatic heterocycles. The average molecular weight is 735 g/mol. The van der Waals surface area contributed by atoms with Crippen LogP contribution in [-0.4, -0.2) is 154 Å². The largest absolute Gasteiger partial charge is 0.459 e. The van der Waals surface area contributed by atoms with E-state index in [4.69, 9.17) is 28.4 Å². The number of rotatable bonds is 7. The number of carbonyl (C=O) groups is 1. The van der Waals surface area contributed by atoms with E-state index in [-0.39, 0.29) is 37.3 Å². The molecular formula is C37H70N2O12. The predicted octanol–water partition coefficient (Wildman–Crippen LogP) is 1.56. The van der Waals surface area contributed by atoms with Crippen LogP contribution in [0.2, 0.25) is 0 Å². The Labute approximate surface area is 305 Å². The molecule has 0 aromatic rings. The zero-order valence-corrected chi connectivity index (χ0v) is 33.2. The van der Waals surface area contributed by atoms with Crippen molar-refractivity contribution >= 4 is 5.97 Å². The molecule has 3 saturated heterocycles. The van der Waals surface area contributed by atoms with Crippen molar-refractivity contribution in [1.82, 2.24) is 10.2 Å². The first kappa shape index (κ1) is 44.4. The Morgan fingerprint density at radius 1 is 0.961 bits per heavy atom. The van der Waals surface area contributed by atoms with E-state index in [1.165, 1.54) is 14.0 Å². The van der Waals surface area contributed by atoms with E-state index in [0.29, 0.717) is 13.0 Å². The van der Waals surface area contributed by atoms with Gasteiger partial charge in [0.1, 0.15) is 30.0 Å². The van der Waals surface area contributed by atoms with Crippen LogP contribution < -0.4 is 5.32 Å². The van der Waals surface area contributed by atoms with Crippen LogP contribution in [0.3, 0.4) is 0 Å². The number of hydrogen-bond acceptors (Lipinski definition) is 14. The first-order chi connectivity index (χ1) is 23.5. The van der Waals surface area contributed by atoms with Gasteiger partial charge in [0.25, 0.3) is 0 Å². The molecule has 0 amide bonds. The second-order valence-electron chi connectivity index (χ2n) is 16.5. The minimum absolute atomic E-state index is 0.132. The molecule has 3 rings (SSSR count). The number of esters is 1. The molecule has 0 spiro atoms. The maximum Gasteiger partial charge on any atom is 0.311 e. The van der Waals surface area contributed by atoms with Gasteiger partial charge in [-0.25, -0.2) is 0 Å². The van der Waals surface area contributed by atoms with Crippen molar-refractivity contribution in [2.45, 2.75) is 185 Å². The summed E-state index contributed by atoms with van der Waals surface area (Å²) in [5, 5.41) is 61.0. The SMILES string of the molecule is CC[C@@H]1OC(=O)[C@H](C)[C@H](O[C@@H]2C[C@](C)(OC)[C@H](O)[C@H](C)O2)[C@@H](C)[C@H](O[C@@H]2O[C@H](C)C[C@H](NC)[C@@H]2O)[C@](C)(O)C[C@H](C)CN(C)[C@H](C)[C@@H](O)[C@]1(C)O. The van der Waals surface area contributed by atoms with Crippen molar-refractivity contribution in [3.8, 4) is 0 Å². The van der Waals surface area contributed by atoms with Gasteiger partial charge in [0, 0.05) is 38.1 Å². The number of nitrogens with one attached hydrogen (secondary N) is 1. The van der Waals surface area contributed by atoms with Crippen LogP contribution in [0.15, 0.2) is 0 Å². The molecule has 6 N–H and O–H groups in total. The topological polar surface area (TPSA) is 189 Å². The predicted molar refractivity (Wildman–Crippen MR) is 190 cm³/mol. The third-order valence-corrected chi connectivity index (χ3v) is 11.9. The van der Waals surface area contributed by atoms with Gasteiger partial charge in [-0.2, -0.15) is 0 Å². The second-order valence-corrected chi connectivity index (χ2v) is 16.5. The Morgan fingerprint density at radius 2 is 1.59 bits per heavy atom. The summed E-state index contributed by atoms with van der Waals surface area (Å²) in [6, 6.07) is -0.858. The number of likely N-dealkylation sites (N-methyl/N-ethyl adjacent to an activating group) is 2. The highest BCUT2D eigenvalue weighted by atomic mass is 16.7. The van der Waals surface area contributed by atoms with Crippen molar-refractivity contribution < 1.29 is 58.7 Å². The van der Waals surface area contributed by atoms with Crippen molar-refractivity contribution in [3.63, 3.8) is 0 Å². The van der Waals surface area contributed by atoms with Gasteiger partial charge >= 0.3 is 5.97 Å². The van der Waals surface area contributed by atoms with E-state index in [1.807, 2.05) is 32.7 Å². The third-order valence-electron chi connectivity index (χ3n) is 11.9. The van der Waals surface area contributed by atoms with Gasteiger partial charge in [0.2, 0.25) is 0 Å². The van der Waals surface area contributed by atoms with Crippen LogP contribution in [0.1, 0.15) is 94.9 Å².